The van der Waals surface area contributed by atoms with Crippen LogP contribution in [0.25, 0.3) is 0 Å². The quantitative estimate of drug-likeness (QED) is 0.283. The summed E-state index contributed by atoms with van der Waals surface area (Å²) in [6.07, 6.45) is 0. The van der Waals surface area contributed by atoms with Gasteiger partial charge in [0.25, 0.3) is 0 Å². The molecule has 26 heavy (non-hydrogen) atoms. The van der Waals surface area contributed by atoms with E-state index in [4.69, 9.17) is 0 Å². The Labute approximate surface area is 155 Å². The molecule has 0 aromatic heterocycles. The number of rotatable bonds is 6. The molecule has 3 aromatic rings. The van der Waals surface area contributed by atoms with Gasteiger partial charge in [0.15, 0.2) is 0 Å². The molecule has 0 aliphatic carbocycles. The third-order valence-corrected chi connectivity index (χ3v) is 8.30. The van der Waals surface area contributed by atoms with E-state index in [9.17, 15) is 10.1 Å². The second kappa shape index (κ2) is 7.84. The Morgan fingerprint density at radius 1 is 0.808 bits per heavy atom. The Kier molecular flexibility index (Phi) is 5.53. The van der Waals surface area contributed by atoms with Crippen molar-refractivity contribution in [3.05, 3.63) is 106 Å². The van der Waals surface area contributed by atoms with Gasteiger partial charge in [0.05, 0.1) is 0 Å². The van der Waals surface area contributed by atoms with Gasteiger partial charge in [0.2, 0.25) is 0 Å². The SMILES string of the molecule is C[PH](C)(BC(c1ccccc1)c1ccc([N+](=O)[O-])cc1)c1ccccc1. The molecular formula is C21H23BNO2P. The van der Waals surface area contributed by atoms with E-state index in [0.717, 1.165) is 12.6 Å². The fourth-order valence-electron chi connectivity index (χ4n) is 3.46. The molecule has 0 heterocycles. The summed E-state index contributed by atoms with van der Waals surface area (Å²) in [7, 11) is -1.68. The van der Waals surface area contributed by atoms with Crippen LogP contribution in [0.15, 0.2) is 84.9 Å². The Bertz CT molecular complexity index is 868. The van der Waals surface area contributed by atoms with E-state index in [1.54, 1.807) is 12.1 Å². The molecule has 0 aliphatic rings. The molecule has 0 bridgehead atoms. The van der Waals surface area contributed by atoms with Crippen molar-refractivity contribution < 1.29 is 4.92 Å². The van der Waals surface area contributed by atoms with Crippen LogP contribution in [0.3, 0.4) is 0 Å². The second-order valence-electron chi connectivity index (χ2n) is 7.27. The average Bonchev–Trinajstić information content (AvgIpc) is 2.68. The summed E-state index contributed by atoms with van der Waals surface area (Å²) in [6, 6.07) is 28.2. The van der Waals surface area contributed by atoms with Crippen LogP contribution >= 0.6 is 7.14 Å². The molecule has 132 valence electrons. The summed E-state index contributed by atoms with van der Waals surface area (Å²) < 4.78 is 0. The van der Waals surface area contributed by atoms with E-state index in [1.807, 2.05) is 18.2 Å². The van der Waals surface area contributed by atoms with E-state index in [2.05, 4.69) is 67.9 Å². The van der Waals surface area contributed by atoms with Gasteiger partial charge >= 0.3 is 155 Å². The van der Waals surface area contributed by atoms with Crippen LogP contribution < -0.4 is 5.30 Å². The van der Waals surface area contributed by atoms with Crippen LogP contribution in [-0.2, 0) is 0 Å². The molecule has 1 unspecified atom stereocenters. The van der Waals surface area contributed by atoms with Crippen LogP contribution in [0.5, 0.6) is 0 Å². The van der Waals surface area contributed by atoms with Crippen molar-refractivity contribution in [2.24, 2.45) is 0 Å². The monoisotopic (exact) mass is 363 g/mol. The Morgan fingerprint density at radius 3 is 1.85 bits per heavy atom. The van der Waals surface area contributed by atoms with E-state index in [1.165, 1.54) is 10.9 Å². The normalized spacial score (nSPS) is 13.0. The summed E-state index contributed by atoms with van der Waals surface area (Å²) in [6.45, 7) is 5.84. The number of hydrogen-bond acceptors (Lipinski definition) is 2. The average molecular weight is 363 g/mol. The molecule has 0 spiro atoms. The molecule has 3 nitrogen and oxygen atoms in total. The van der Waals surface area contributed by atoms with Crippen LogP contribution in [0.1, 0.15) is 16.9 Å². The number of nitro benzene ring substituents is 1. The van der Waals surface area contributed by atoms with Crippen molar-refractivity contribution in [3.63, 3.8) is 0 Å². The molecular weight excluding hydrogens is 340 g/mol. The third-order valence-electron chi connectivity index (χ3n) is 4.98. The van der Waals surface area contributed by atoms with Crippen molar-refractivity contribution in [1.29, 1.82) is 0 Å². The van der Waals surface area contributed by atoms with Crippen LogP contribution in [0.2, 0.25) is 0 Å². The second-order valence-corrected chi connectivity index (χ2v) is 12.0. The minimum atomic E-state index is -1.68. The van der Waals surface area contributed by atoms with Gasteiger partial charge in [0.1, 0.15) is 0 Å². The topological polar surface area (TPSA) is 43.1 Å². The standard InChI is InChI=1S/C21H23BNO2P/c1-26(2,20-11-7-4-8-12-20)22-21(17-9-5-3-6-10-17)18-13-15-19(16-14-18)23(24)25/h3-16,21-22,26H,1-2H3. The zero-order chi connectivity index (χ0) is 18.6. The fraction of sp³-hybridized carbons (Fsp3) is 0.143. The van der Waals surface area contributed by atoms with Crippen LogP contribution in [0.4, 0.5) is 5.69 Å². The van der Waals surface area contributed by atoms with Gasteiger partial charge in [0, 0.05) is 0 Å². The van der Waals surface area contributed by atoms with E-state index in [0.29, 0.717) is 0 Å². The van der Waals surface area contributed by atoms with Gasteiger partial charge in [-0.05, 0) is 0 Å². The van der Waals surface area contributed by atoms with Crippen molar-refractivity contribution in [1.82, 2.24) is 0 Å². The molecule has 1 atom stereocenters. The van der Waals surface area contributed by atoms with Crippen molar-refractivity contribution in [3.8, 4) is 0 Å². The van der Waals surface area contributed by atoms with Gasteiger partial charge in [-0.15, -0.1) is 0 Å². The van der Waals surface area contributed by atoms with Crippen molar-refractivity contribution in [2.75, 3.05) is 13.3 Å². The molecule has 0 N–H and O–H groups in total. The zero-order valence-corrected chi connectivity index (χ0v) is 16.1. The molecule has 0 amide bonds. The fourth-order valence-corrected chi connectivity index (χ4v) is 6.28. The first-order valence-electron chi connectivity index (χ1n) is 8.82. The maximum atomic E-state index is 11.0. The van der Waals surface area contributed by atoms with Crippen molar-refractivity contribution in [2.45, 2.75) is 5.82 Å². The molecule has 0 fully saturated rings. The number of nitro groups is 1. The van der Waals surface area contributed by atoms with Crippen molar-refractivity contribution >= 4 is 25.1 Å². The van der Waals surface area contributed by atoms with Gasteiger partial charge in [-0.2, -0.15) is 0 Å². The maximum absolute atomic E-state index is 11.0. The summed E-state index contributed by atoms with van der Waals surface area (Å²) in [5.41, 5.74) is 2.54. The first-order valence-corrected chi connectivity index (χ1v) is 12.0. The Balaban J connectivity index is 1.98. The third kappa shape index (κ3) is 4.20. The van der Waals surface area contributed by atoms with Gasteiger partial charge in [-0.25, -0.2) is 0 Å². The van der Waals surface area contributed by atoms with Gasteiger partial charge in [-0.3, -0.25) is 0 Å². The minimum absolute atomic E-state index is 0.139. The van der Waals surface area contributed by atoms with Crippen LogP contribution in [-0.4, -0.2) is 25.3 Å². The molecule has 0 radical (unpaired) electrons. The van der Waals surface area contributed by atoms with E-state index >= 15 is 0 Å². The first-order chi connectivity index (χ1) is 12.5. The molecule has 5 heteroatoms. The number of non-ortho nitro benzene ring substituents is 1. The molecule has 0 saturated carbocycles. The first kappa shape index (κ1) is 18.3. The number of benzene rings is 3. The Hall–Kier alpha value is -2.45. The predicted molar refractivity (Wildman–Crippen MR) is 115 cm³/mol. The summed E-state index contributed by atoms with van der Waals surface area (Å²) in [5.74, 6) is 0.235. The summed E-state index contributed by atoms with van der Waals surface area (Å²) >= 11 is 0. The van der Waals surface area contributed by atoms with E-state index in [-0.39, 0.29) is 16.4 Å². The molecule has 0 aliphatic heterocycles. The molecule has 0 saturated heterocycles. The number of nitrogens with zero attached hydrogens (tertiary/aromatic N) is 1. The van der Waals surface area contributed by atoms with Crippen LogP contribution in [0, 0.1) is 10.1 Å². The molecule has 3 aromatic carbocycles. The predicted octanol–water partition coefficient (Wildman–Crippen LogP) is 4.37. The number of hydrogen-bond donors (Lipinski definition) is 0. The van der Waals surface area contributed by atoms with Gasteiger partial charge in [-0.1, -0.05) is 0 Å². The molecule has 3 rings (SSSR count). The Morgan fingerprint density at radius 2 is 1.31 bits per heavy atom. The zero-order valence-electron chi connectivity index (χ0n) is 15.1. The summed E-state index contributed by atoms with van der Waals surface area (Å²) in [4.78, 5) is 10.6. The van der Waals surface area contributed by atoms with Gasteiger partial charge < -0.3 is 0 Å². The summed E-state index contributed by atoms with van der Waals surface area (Å²) in [5, 5.41) is 12.4. The van der Waals surface area contributed by atoms with E-state index < -0.39 is 7.14 Å².